The van der Waals surface area contributed by atoms with Crippen LogP contribution in [0.2, 0.25) is 16.6 Å². The molecule has 2 rings (SSSR count). The molecule has 0 fully saturated rings. The SMILES string of the molecule is Cc1cc(OS(=O)(=O)C(F)(F)F)cc(C)c1Cc1ccc(O[Si](C(C)C)(C(C)C)C(C)C)c(C(C)C)c1. The summed E-state index contributed by atoms with van der Waals surface area (Å²) >= 11 is 0. The highest BCUT2D eigenvalue weighted by molar-refractivity contribution is 7.88. The smallest absolute Gasteiger partial charge is 0.534 e. The largest absolute Gasteiger partial charge is 0.542 e. The Labute approximate surface area is 221 Å². The zero-order valence-corrected chi connectivity index (χ0v) is 25.4. The van der Waals surface area contributed by atoms with Crippen molar-refractivity contribution in [1.29, 1.82) is 0 Å². The maximum Gasteiger partial charge on any atom is 0.534 e. The zero-order valence-electron chi connectivity index (χ0n) is 23.6. The Balaban J connectivity index is 2.45. The molecule has 0 heterocycles. The Morgan fingerprint density at radius 3 is 1.73 bits per heavy atom. The number of aryl methyl sites for hydroxylation is 2. The fourth-order valence-electron chi connectivity index (χ4n) is 5.45. The van der Waals surface area contributed by atoms with Crippen molar-refractivity contribution in [3.63, 3.8) is 0 Å². The van der Waals surface area contributed by atoms with Gasteiger partial charge < -0.3 is 8.61 Å². The van der Waals surface area contributed by atoms with E-state index in [0.717, 1.165) is 22.4 Å². The fourth-order valence-corrected chi connectivity index (χ4v) is 11.2. The van der Waals surface area contributed by atoms with E-state index in [1.807, 2.05) is 6.07 Å². The molecule has 2 aromatic rings. The molecule has 0 bridgehead atoms. The minimum Gasteiger partial charge on any atom is -0.542 e. The lowest BCUT2D eigenvalue weighted by Gasteiger charge is -2.43. The van der Waals surface area contributed by atoms with Gasteiger partial charge in [-0.25, -0.2) is 0 Å². The van der Waals surface area contributed by atoms with Gasteiger partial charge in [0.1, 0.15) is 11.5 Å². The van der Waals surface area contributed by atoms with Gasteiger partial charge in [0.15, 0.2) is 0 Å². The minimum atomic E-state index is -5.72. The lowest BCUT2D eigenvalue weighted by molar-refractivity contribution is -0.0500. The van der Waals surface area contributed by atoms with Crippen molar-refractivity contribution in [2.24, 2.45) is 0 Å². The van der Waals surface area contributed by atoms with Gasteiger partial charge in [-0.05, 0) is 88.8 Å². The van der Waals surface area contributed by atoms with E-state index in [1.54, 1.807) is 13.8 Å². The van der Waals surface area contributed by atoms with Gasteiger partial charge in [0.25, 0.3) is 8.32 Å². The third kappa shape index (κ3) is 6.71. The first-order chi connectivity index (χ1) is 16.8. The Morgan fingerprint density at radius 2 is 1.32 bits per heavy atom. The third-order valence-corrected chi connectivity index (χ3v) is 14.2. The van der Waals surface area contributed by atoms with E-state index in [1.165, 1.54) is 12.1 Å². The van der Waals surface area contributed by atoms with Crippen molar-refractivity contribution < 1.29 is 30.2 Å². The van der Waals surface area contributed by atoms with Gasteiger partial charge in [-0.3, -0.25) is 0 Å². The molecular formula is C28H41F3O4SSi. The molecule has 0 N–H and O–H groups in total. The molecule has 0 aliphatic carbocycles. The minimum absolute atomic E-state index is 0.235. The van der Waals surface area contributed by atoms with Crippen LogP contribution >= 0.6 is 0 Å². The summed E-state index contributed by atoms with van der Waals surface area (Å²) in [6.45, 7) is 21.3. The van der Waals surface area contributed by atoms with Crippen LogP contribution in [-0.4, -0.2) is 22.2 Å². The summed E-state index contributed by atoms with van der Waals surface area (Å²) in [5, 5.41) is 0. The quantitative estimate of drug-likeness (QED) is 0.166. The van der Waals surface area contributed by atoms with Crippen molar-refractivity contribution >= 4 is 18.4 Å². The summed E-state index contributed by atoms with van der Waals surface area (Å²) in [6, 6.07) is 8.91. The molecule has 0 unspecified atom stereocenters. The third-order valence-electron chi connectivity index (χ3n) is 7.23. The first-order valence-corrected chi connectivity index (χ1v) is 16.3. The van der Waals surface area contributed by atoms with Gasteiger partial charge in [0.2, 0.25) is 0 Å². The molecule has 37 heavy (non-hydrogen) atoms. The van der Waals surface area contributed by atoms with Gasteiger partial charge >= 0.3 is 15.6 Å². The Morgan fingerprint density at radius 1 is 0.838 bits per heavy atom. The van der Waals surface area contributed by atoms with Crippen LogP contribution in [-0.2, 0) is 16.5 Å². The highest BCUT2D eigenvalue weighted by atomic mass is 32.2. The van der Waals surface area contributed by atoms with Crippen molar-refractivity contribution in [1.82, 2.24) is 0 Å². The van der Waals surface area contributed by atoms with Crippen LogP contribution in [0.3, 0.4) is 0 Å². The first-order valence-electron chi connectivity index (χ1n) is 12.8. The number of hydrogen-bond donors (Lipinski definition) is 0. The van der Waals surface area contributed by atoms with Gasteiger partial charge in [0.05, 0.1) is 0 Å². The topological polar surface area (TPSA) is 52.6 Å². The number of alkyl halides is 3. The average Bonchev–Trinajstić information content (AvgIpc) is 2.73. The molecule has 0 saturated carbocycles. The number of rotatable bonds is 10. The van der Waals surface area contributed by atoms with Gasteiger partial charge in [0, 0.05) is 0 Å². The second-order valence-electron chi connectivity index (χ2n) is 11.1. The molecule has 208 valence electrons. The summed E-state index contributed by atoms with van der Waals surface area (Å²) in [7, 11) is -7.86. The van der Waals surface area contributed by atoms with Gasteiger partial charge in [-0.2, -0.15) is 21.6 Å². The summed E-state index contributed by atoms with van der Waals surface area (Å²) in [5.41, 5.74) is 0.251. The van der Waals surface area contributed by atoms with Crippen molar-refractivity contribution in [3.05, 3.63) is 58.1 Å². The monoisotopic (exact) mass is 558 g/mol. The fraction of sp³-hybridized carbons (Fsp3) is 0.571. The molecule has 0 spiro atoms. The molecule has 0 amide bonds. The van der Waals surface area contributed by atoms with E-state index in [4.69, 9.17) is 4.43 Å². The number of halogens is 3. The lowest BCUT2D eigenvalue weighted by atomic mass is 9.93. The molecule has 4 nitrogen and oxygen atoms in total. The Bertz CT molecular complexity index is 1160. The van der Waals surface area contributed by atoms with Crippen molar-refractivity contribution in [3.8, 4) is 11.5 Å². The van der Waals surface area contributed by atoms with Crippen LogP contribution < -0.4 is 8.61 Å². The number of hydrogen-bond acceptors (Lipinski definition) is 4. The molecule has 0 aliphatic rings. The molecule has 9 heteroatoms. The van der Waals surface area contributed by atoms with E-state index in [2.05, 4.69) is 71.7 Å². The molecule has 0 atom stereocenters. The summed E-state index contributed by atoms with van der Waals surface area (Å²) in [6.07, 6.45) is 0.547. The zero-order chi connectivity index (χ0) is 28.5. The predicted octanol–water partition coefficient (Wildman–Crippen LogP) is 8.80. The van der Waals surface area contributed by atoms with Crippen molar-refractivity contribution in [2.45, 2.75) is 104 Å². The lowest BCUT2D eigenvalue weighted by Crippen LogP contribution is -2.50. The number of benzene rings is 2. The van der Waals surface area contributed by atoms with Gasteiger partial charge in [-0.1, -0.05) is 67.5 Å². The van der Waals surface area contributed by atoms with Crippen LogP contribution in [0.4, 0.5) is 13.2 Å². The summed E-state index contributed by atoms with van der Waals surface area (Å²) in [4.78, 5) is 0. The van der Waals surface area contributed by atoms with Crippen LogP contribution in [0.15, 0.2) is 30.3 Å². The standard InChI is InChI=1S/C28H41F3O4SSi/c1-17(2)25-15-23(11-12-27(25)35-37(18(3)4,19(5)6)20(7)8)16-26-21(9)13-24(14-22(26)10)34-36(32,33)28(29,30)31/h11-15,17-20H,16H2,1-10H3. The van der Waals surface area contributed by atoms with Gasteiger partial charge in [-0.15, -0.1) is 0 Å². The molecule has 0 saturated heterocycles. The summed E-state index contributed by atoms with van der Waals surface area (Å²) < 4.78 is 72.4. The van der Waals surface area contributed by atoms with Crippen molar-refractivity contribution in [2.75, 3.05) is 0 Å². The van der Waals surface area contributed by atoms with Crippen LogP contribution in [0, 0.1) is 13.8 Å². The molecule has 0 radical (unpaired) electrons. The first kappa shape index (κ1) is 31.2. The second-order valence-corrected chi connectivity index (χ2v) is 18.1. The van der Waals surface area contributed by atoms with E-state index in [0.29, 0.717) is 34.2 Å². The average molecular weight is 559 g/mol. The van der Waals surface area contributed by atoms with Crippen LogP contribution in [0.25, 0.3) is 0 Å². The summed E-state index contributed by atoms with van der Waals surface area (Å²) in [5.74, 6) is 0.815. The van der Waals surface area contributed by atoms with E-state index in [-0.39, 0.29) is 11.7 Å². The Kier molecular flexibility index (Phi) is 9.61. The predicted molar refractivity (Wildman–Crippen MR) is 147 cm³/mol. The normalized spacial score (nSPS) is 13.2. The van der Waals surface area contributed by atoms with E-state index in [9.17, 15) is 21.6 Å². The molecule has 0 aromatic heterocycles. The van der Waals surface area contributed by atoms with E-state index >= 15 is 0 Å². The van der Waals surface area contributed by atoms with Crippen LogP contribution in [0.5, 0.6) is 11.5 Å². The second kappa shape index (κ2) is 11.4. The Hall–Kier alpha value is -2.00. The molecule has 2 aromatic carbocycles. The molecule has 0 aliphatic heterocycles. The van der Waals surface area contributed by atoms with E-state index < -0.39 is 23.9 Å². The van der Waals surface area contributed by atoms with Crippen LogP contribution in [0.1, 0.15) is 89.1 Å². The maximum absolute atomic E-state index is 12.7. The molecular weight excluding hydrogens is 517 g/mol. The highest BCUT2D eigenvalue weighted by Gasteiger charge is 2.49. The highest BCUT2D eigenvalue weighted by Crippen LogP contribution is 2.44. The maximum atomic E-state index is 12.7.